The molecular formula is C11H10N2O. The Kier molecular flexibility index (Phi) is 2.14. The number of nitrogens with zero attached hydrogens (tertiary/aromatic N) is 2. The standard InChI is InChI=1S/C11H10N2O/c1-13-11(14)10(7-8-12-13)9-5-3-2-4-6-9/h2-8H,1H3. The Morgan fingerprint density at radius 2 is 1.86 bits per heavy atom. The van der Waals surface area contributed by atoms with Crippen LogP contribution in [0.1, 0.15) is 0 Å². The van der Waals surface area contributed by atoms with Gasteiger partial charge in [-0.3, -0.25) is 4.79 Å². The molecule has 0 aliphatic rings. The zero-order valence-corrected chi connectivity index (χ0v) is 7.84. The predicted molar refractivity (Wildman–Crippen MR) is 54.9 cm³/mol. The van der Waals surface area contributed by atoms with Crippen LogP contribution >= 0.6 is 0 Å². The van der Waals surface area contributed by atoms with E-state index in [1.54, 1.807) is 19.3 Å². The molecule has 0 unspecified atom stereocenters. The normalized spacial score (nSPS) is 10.1. The Labute approximate surface area is 81.6 Å². The molecule has 1 heterocycles. The van der Waals surface area contributed by atoms with Gasteiger partial charge in [0, 0.05) is 13.2 Å². The van der Waals surface area contributed by atoms with Gasteiger partial charge in [-0.25, -0.2) is 4.68 Å². The van der Waals surface area contributed by atoms with Crippen molar-refractivity contribution in [3.05, 3.63) is 52.9 Å². The summed E-state index contributed by atoms with van der Waals surface area (Å²) < 4.78 is 1.34. The molecule has 0 fully saturated rings. The lowest BCUT2D eigenvalue weighted by Crippen LogP contribution is -2.20. The number of aryl methyl sites for hydroxylation is 1. The Morgan fingerprint density at radius 1 is 1.14 bits per heavy atom. The van der Waals surface area contributed by atoms with Crippen molar-refractivity contribution in [1.29, 1.82) is 0 Å². The van der Waals surface area contributed by atoms with Crippen molar-refractivity contribution >= 4 is 0 Å². The molecule has 0 aliphatic heterocycles. The molecule has 0 radical (unpaired) electrons. The molecule has 0 N–H and O–H groups in total. The first-order chi connectivity index (χ1) is 6.79. The van der Waals surface area contributed by atoms with Gasteiger partial charge < -0.3 is 0 Å². The highest BCUT2D eigenvalue weighted by molar-refractivity contribution is 5.61. The molecule has 3 nitrogen and oxygen atoms in total. The number of hydrogen-bond acceptors (Lipinski definition) is 2. The fourth-order valence-electron chi connectivity index (χ4n) is 1.34. The number of benzene rings is 1. The Morgan fingerprint density at radius 3 is 2.57 bits per heavy atom. The van der Waals surface area contributed by atoms with Gasteiger partial charge >= 0.3 is 0 Å². The van der Waals surface area contributed by atoms with Gasteiger partial charge in [0.05, 0.1) is 5.56 Å². The van der Waals surface area contributed by atoms with Crippen LogP contribution in [0.5, 0.6) is 0 Å². The number of rotatable bonds is 1. The maximum Gasteiger partial charge on any atom is 0.274 e. The van der Waals surface area contributed by atoms with Gasteiger partial charge in [0.1, 0.15) is 0 Å². The van der Waals surface area contributed by atoms with Crippen molar-refractivity contribution in [1.82, 2.24) is 9.78 Å². The molecule has 0 bridgehead atoms. The van der Waals surface area contributed by atoms with Crippen LogP contribution in [0, 0.1) is 0 Å². The Bertz CT molecular complexity index is 488. The van der Waals surface area contributed by atoms with Gasteiger partial charge in [0.15, 0.2) is 0 Å². The second kappa shape index (κ2) is 3.46. The number of aromatic nitrogens is 2. The molecule has 0 saturated heterocycles. The van der Waals surface area contributed by atoms with Crippen LogP contribution in [0.4, 0.5) is 0 Å². The molecule has 0 amide bonds. The second-order valence-corrected chi connectivity index (χ2v) is 3.04. The summed E-state index contributed by atoms with van der Waals surface area (Å²) in [5.74, 6) is 0. The van der Waals surface area contributed by atoms with Gasteiger partial charge in [-0.05, 0) is 11.6 Å². The summed E-state index contributed by atoms with van der Waals surface area (Å²) in [6.07, 6.45) is 1.63. The fraction of sp³-hybridized carbons (Fsp3) is 0.0909. The van der Waals surface area contributed by atoms with E-state index in [2.05, 4.69) is 5.10 Å². The van der Waals surface area contributed by atoms with Crippen LogP contribution < -0.4 is 5.56 Å². The third kappa shape index (κ3) is 1.44. The summed E-state index contributed by atoms with van der Waals surface area (Å²) in [5, 5.41) is 3.87. The molecule has 0 saturated carbocycles. The first-order valence-electron chi connectivity index (χ1n) is 4.37. The molecule has 1 aromatic carbocycles. The largest absolute Gasteiger partial charge is 0.274 e. The molecule has 3 heteroatoms. The monoisotopic (exact) mass is 186 g/mol. The summed E-state index contributed by atoms with van der Waals surface area (Å²) in [5.41, 5.74) is 1.54. The lowest BCUT2D eigenvalue weighted by molar-refractivity contribution is 0.709. The van der Waals surface area contributed by atoms with Gasteiger partial charge in [-0.1, -0.05) is 30.3 Å². The average Bonchev–Trinajstić information content (AvgIpc) is 2.23. The Balaban J connectivity index is 2.64. The summed E-state index contributed by atoms with van der Waals surface area (Å²) in [7, 11) is 1.65. The van der Waals surface area contributed by atoms with E-state index in [4.69, 9.17) is 0 Å². The maximum atomic E-state index is 11.7. The Hall–Kier alpha value is -1.90. The molecule has 2 aromatic rings. The third-order valence-corrected chi connectivity index (χ3v) is 2.09. The predicted octanol–water partition coefficient (Wildman–Crippen LogP) is 1.45. The lowest BCUT2D eigenvalue weighted by Gasteiger charge is -2.01. The minimum atomic E-state index is -0.0706. The molecule has 0 atom stereocenters. The third-order valence-electron chi connectivity index (χ3n) is 2.09. The smallest absolute Gasteiger partial charge is 0.267 e. The molecule has 14 heavy (non-hydrogen) atoms. The molecule has 1 aromatic heterocycles. The first-order valence-corrected chi connectivity index (χ1v) is 4.37. The van der Waals surface area contributed by atoms with Crippen molar-refractivity contribution in [3.8, 4) is 11.1 Å². The summed E-state index contributed by atoms with van der Waals surface area (Å²) >= 11 is 0. The van der Waals surface area contributed by atoms with Crippen LogP contribution in [0.15, 0.2) is 47.4 Å². The zero-order valence-electron chi connectivity index (χ0n) is 7.84. The fourth-order valence-corrected chi connectivity index (χ4v) is 1.34. The highest BCUT2D eigenvalue weighted by Gasteiger charge is 2.02. The van der Waals surface area contributed by atoms with Crippen LogP contribution in [0.3, 0.4) is 0 Å². The average molecular weight is 186 g/mol. The topological polar surface area (TPSA) is 34.9 Å². The second-order valence-electron chi connectivity index (χ2n) is 3.04. The van der Waals surface area contributed by atoms with E-state index in [9.17, 15) is 4.79 Å². The molecule has 0 aliphatic carbocycles. The first kappa shape index (κ1) is 8.69. The number of hydrogen-bond donors (Lipinski definition) is 0. The maximum absolute atomic E-state index is 11.7. The van der Waals surface area contributed by atoms with Gasteiger partial charge in [-0.15, -0.1) is 0 Å². The van der Waals surface area contributed by atoms with E-state index in [1.807, 2.05) is 30.3 Å². The highest BCUT2D eigenvalue weighted by Crippen LogP contribution is 2.12. The van der Waals surface area contributed by atoms with Crippen molar-refractivity contribution in [3.63, 3.8) is 0 Å². The molecular weight excluding hydrogens is 176 g/mol. The lowest BCUT2D eigenvalue weighted by atomic mass is 10.1. The van der Waals surface area contributed by atoms with Crippen LogP contribution in [-0.2, 0) is 7.05 Å². The minimum Gasteiger partial charge on any atom is -0.267 e. The van der Waals surface area contributed by atoms with Crippen LogP contribution in [0.2, 0.25) is 0 Å². The van der Waals surface area contributed by atoms with Gasteiger partial charge in [0.2, 0.25) is 0 Å². The SMILES string of the molecule is Cn1nccc(-c2ccccc2)c1=O. The zero-order chi connectivity index (χ0) is 9.97. The van der Waals surface area contributed by atoms with Crippen LogP contribution in [-0.4, -0.2) is 9.78 Å². The van der Waals surface area contributed by atoms with Crippen LogP contribution in [0.25, 0.3) is 11.1 Å². The quantitative estimate of drug-likeness (QED) is 0.675. The minimum absolute atomic E-state index is 0.0706. The van der Waals surface area contributed by atoms with E-state index < -0.39 is 0 Å². The molecule has 70 valence electrons. The van der Waals surface area contributed by atoms with Gasteiger partial charge in [0.25, 0.3) is 5.56 Å². The van der Waals surface area contributed by atoms with Crippen molar-refractivity contribution in [2.75, 3.05) is 0 Å². The van der Waals surface area contributed by atoms with Crippen molar-refractivity contribution in [2.45, 2.75) is 0 Å². The van der Waals surface area contributed by atoms with Crippen molar-refractivity contribution < 1.29 is 0 Å². The van der Waals surface area contributed by atoms with E-state index in [1.165, 1.54) is 4.68 Å². The van der Waals surface area contributed by atoms with E-state index >= 15 is 0 Å². The van der Waals surface area contributed by atoms with Crippen molar-refractivity contribution in [2.24, 2.45) is 7.05 Å². The van der Waals surface area contributed by atoms with E-state index in [0.29, 0.717) is 5.56 Å². The summed E-state index contributed by atoms with van der Waals surface area (Å²) in [6.45, 7) is 0. The highest BCUT2D eigenvalue weighted by atomic mass is 16.1. The molecule has 2 rings (SSSR count). The van der Waals surface area contributed by atoms with E-state index in [0.717, 1.165) is 5.56 Å². The summed E-state index contributed by atoms with van der Waals surface area (Å²) in [6, 6.07) is 11.3. The van der Waals surface area contributed by atoms with E-state index in [-0.39, 0.29) is 5.56 Å². The summed E-state index contributed by atoms with van der Waals surface area (Å²) in [4.78, 5) is 11.7. The van der Waals surface area contributed by atoms with Gasteiger partial charge in [-0.2, -0.15) is 5.10 Å². The molecule has 0 spiro atoms.